The largest absolute Gasteiger partial charge is 0.455 e. The van der Waals surface area contributed by atoms with Gasteiger partial charge in [-0.25, -0.2) is 15.0 Å². The summed E-state index contributed by atoms with van der Waals surface area (Å²) in [5.41, 5.74) is 5.36. The van der Waals surface area contributed by atoms with Crippen molar-refractivity contribution in [1.82, 2.24) is 9.55 Å². The topological polar surface area (TPSA) is 62.3 Å². The van der Waals surface area contributed by atoms with Gasteiger partial charge < -0.3 is 19.8 Å². The van der Waals surface area contributed by atoms with Crippen LogP contribution in [-0.2, 0) is 17.6 Å². The second-order valence-electron chi connectivity index (χ2n) is 7.64. The maximum absolute atomic E-state index is 13.8. The van der Waals surface area contributed by atoms with E-state index in [0.717, 1.165) is 11.9 Å². The molecule has 0 fully saturated rings. The Hall–Kier alpha value is -2.10. The first kappa shape index (κ1) is 22.6. The zero-order chi connectivity index (χ0) is 22.1. The Labute approximate surface area is 179 Å². The first-order valence-corrected chi connectivity index (χ1v) is 12.4. The molecule has 164 valence electrons. The van der Waals surface area contributed by atoms with Gasteiger partial charge in [0, 0.05) is 23.8 Å². The fourth-order valence-corrected chi connectivity index (χ4v) is 3.62. The predicted octanol–water partition coefficient (Wildman–Crippen LogP) is 5.75. The second-order valence-corrected chi connectivity index (χ2v) is 12.6. The fraction of sp³-hybridized carbons (Fsp3) is 0.350. The van der Waals surface area contributed by atoms with Crippen molar-refractivity contribution in [3.05, 3.63) is 47.2 Å². The van der Waals surface area contributed by atoms with Crippen LogP contribution in [0.3, 0.4) is 0 Å². The van der Waals surface area contributed by atoms with Crippen molar-refractivity contribution in [2.24, 2.45) is 0 Å². The zero-order valence-corrected chi connectivity index (χ0v) is 18.4. The van der Waals surface area contributed by atoms with E-state index >= 15 is 0 Å². The Morgan fingerprint density at radius 3 is 2.53 bits per heavy atom. The van der Waals surface area contributed by atoms with Crippen molar-refractivity contribution in [1.29, 1.82) is 0 Å². The molecule has 3 aromatic rings. The molecular formula is C20H23ClF3N3O2S. The zero-order valence-electron chi connectivity index (χ0n) is 16.8. The summed E-state index contributed by atoms with van der Waals surface area (Å²) in [4.78, 5) is 4.14. The molecule has 5 nitrogen and oxygen atoms in total. The number of anilines is 1. The van der Waals surface area contributed by atoms with Crippen LogP contribution in [0, 0.1) is 0 Å². The van der Waals surface area contributed by atoms with E-state index < -0.39 is 21.8 Å². The second kappa shape index (κ2) is 8.56. The highest BCUT2D eigenvalue weighted by atomic mass is 35.5. The minimum Gasteiger partial charge on any atom is -0.455 e. The third-order valence-corrected chi connectivity index (χ3v) is 5.96. The number of aromatic nitrogens is 2. The van der Waals surface area contributed by atoms with Gasteiger partial charge in [0.2, 0.25) is 0 Å². The Bertz CT molecular complexity index is 1050. The van der Waals surface area contributed by atoms with Crippen LogP contribution < -0.4 is 10.5 Å². The lowest BCUT2D eigenvalue weighted by atomic mass is 10.2. The van der Waals surface area contributed by atoms with Crippen molar-refractivity contribution >= 4 is 38.3 Å². The van der Waals surface area contributed by atoms with Crippen LogP contribution >= 0.6 is 21.6 Å². The van der Waals surface area contributed by atoms with Crippen LogP contribution in [0.15, 0.2) is 36.7 Å². The van der Waals surface area contributed by atoms with Gasteiger partial charge in [0.15, 0.2) is 0 Å². The van der Waals surface area contributed by atoms with Crippen LogP contribution in [0.2, 0.25) is 5.02 Å². The number of ether oxygens (including phenoxy) is 2. The van der Waals surface area contributed by atoms with Gasteiger partial charge in [-0.1, -0.05) is 11.6 Å². The smallest absolute Gasteiger partial charge is 0.418 e. The summed E-state index contributed by atoms with van der Waals surface area (Å²) in [5, 5.41) is 0.0453. The van der Waals surface area contributed by atoms with Gasteiger partial charge in [-0.15, -0.1) is 0 Å². The molecule has 0 saturated heterocycles. The Balaban J connectivity index is 1.97. The average Bonchev–Trinajstić information content (AvgIpc) is 3.00. The van der Waals surface area contributed by atoms with Gasteiger partial charge in [-0.2, -0.15) is 13.2 Å². The van der Waals surface area contributed by atoms with Gasteiger partial charge in [0.05, 0.1) is 22.6 Å². The van der Waals surface area contributed by atoms with Crippen LogP contribution in [0.4, 0.5) is 18.9 Å². The molecule has 0 amide bonds. The molecule has 3 rings (SSSR count). The highest BCUT2D eigenvalue weighted by Crippen LogP contribution is 2.42. The number of pyridine rings is 1. The molecule has 1 aromatic carbocycles. The van der Waals surface area contributed by atoms with Crippen LogP contribution in [0.5, 0.6) is 11.5 Å². The van der Waals surface area contributed by atoms with Gasteiger partial charge in [0.25, 0.3) is 0 Å². The van der Waals surface area contributed by atoms with Crippen molar-refractivity contribution in [2.45, 2.75) is 12.9 Å². The summed E-state index contributed by atoms with van der Waals surface area (Å²) in [6.07, 6.45) is 4.24. The molecule has 30 heavy (non-hydrogen) atoms. The number of nitrogens with two attached hydrogens (primary N) is 1. The van der Waals surface area contributed by atoms with Gasteiger partial charge in [0.1, 0.15) is 23.9 Å². The van der Waals surface area contributed by atoms with E-state index in [1.165, 1.54) is 29.0 Å². The molecule has 0 aliphatic carbocycles. The average molecular weight is 462 g/mol. The number of halogens is 4. The van der Waals surface area contributed by atoms with Crippen molar-refractivity contribution in [3.8, 4) is 11.5 Å². The predicted molar refractivity (Wildman–Crippen MR) is 117 cm³/mol. The number of rotatable bonds is 7. The summed E-state index contributed by atoms with van der Waals surface area (Å²) < 4.78 is 53.9. The molecular weight excluding hydrogens is 439 g/mol. The molecule has 0 atom stereocenters. The minimum absolute atomic E-state index is 0.00289. The molecule has 0 aliphatic heterocycles. The van der Waals surface area contributed by atoms with Crippen molar-refractivity contribution in [2.75, 3.05) is 36.9 Å². The summed E-state index contributed by atoms with van der Waals surface area (Å²) in [5.74, 6) is 1.05. The van der Waals surface area contributed by atoms with E-state index in [-0.39, 0.29) is 34.3 Å². The number of fused-ring (bicyclic) bond motifs is 1. The lowest BCUT2D eigenvalue weighted by Gasteiger charge is -2.24. The molecule has 2 aromatic heterocycles. The lowest BCUT2D eigenvalue weighted by Crippen LogP contribution is -2.10. The number of nitrogen functional groups attached to an aromatic ring is 1. The van der Waals surface area contributed by atoms with Crippen LogP contribution in [0.25, 0.3) is 11.0 Å². The number of hydrogen-bond donors (Lipinski definition) is 1. The fourth-order valence-electron chi connectivity index (χ4n) is 2.77. The highest BCUT2D eigenvalue weighted by molar-refractivity contribution is 8.32. The molecule has 10 heteroatoms. The van der Waals surface area contributed by atoms with Gasteiger partial charge >= 0.3 is 6.18 Å². The Morgan fingerprint density at radius 1 is 1.17 bits per heavy atom. The number of nitrogens with zero attached hydrogens (tertiary/aromatic N) is 2. The van der Waals surface area contributed by atoms with E-state index in [2.05, 4.69) is 23.8 Å². The monoisotopic (exact) mass is 461 g/mol. The Kier molecular flexibility index (Phi) is 6.45. The molecule has 0 radical (unpaired) electrons. The third kappa shape index (κ3) is 5.33. The molecule has 2 heterocycles. The molecule has 2 N–H and O–H groups in total. The summed E-state index contributed by atoms with van der Waals surface area (Å²) >= 11 is 6.12. The number of hydrogen-bond acceptors (Lipinski definition) is 4. The summed E-state index contributed by atoms with van der Waals surface area (Å²) in [6, 6.07) is 5.90. The first-order valence-electron chi connectivity index (χ1n) is 8.97. The highest BCUT2D eigenvalue weighted by Gasteiger charge is 2.36. The van der Waals surface area contributed by atoms with E-state index in [1.807, 2.05) is 0 Å². The van der Waals surface area contributed by atoms with Gasteiger partial charge in [-0.3, -0.25) is 0 Å². The van der Waals surface area contributed by atoms with Crippen molar-refractivity contribution < 1.29 is 22.6 Å². The standard InChI is InChI=1S/C20H23ClF3N3O2S/c1-30(2,3)9-8-28-12-27-11-14(20(22,23)24)18-17(6-7-26-19(18)27)29-16-5-4-13(25)10-15(16)21/h4-7,10-11H,8-9,12,25H2,1-3H3. The molecule has 0 unspecified atom stereocenters. The maximum Gasteiger partial charge on any atom is 0.418 e. The minimum atomic E-state index is -4.59. The van der Waals surface area contributed by atoms with E-state index in [1.54, 1.807) is 6.07 Å². The van der Waals surface area contributed by atoms with E-state index in [4.69, 9.17) is 26.8 Å². The van der Waals surface area contributed by atoms with Gasteiger partial charge in [-0.05, 0) is 43.0 Å². The Morgan fingerprint density at radius 2 is 1.90 bits per heavy atom. The maximum atomic E-state index is 13.8. The summed E-state index contributed by atoms with van der Waals surface area (Å²) in [6.45, 7) is 0.415. The first-order chi connectivity index (χ1) is 14.0. The normalized spacial score (nSPS) is 13.0. The number of benzene rings is 1. The number of alkyl halides is 3. The van der Waals surface area contributed by atoms with E-state index in [0.29, 0.717) is 12.3 Å². The van der Waals surface area contributed by atoms with Crippen LogP contribution in [-0.4, -0.2) is 40.7 Å². The van der Waals surface area contributed by atoms with E-state index in [9.17, 15) is 13.2 Å². The van der Waals surface area contributed by atoms with Crippen LogP contribution in [0.1, 0.15) is 5.56 Å². The van der Waals surface area contributed by atoms with Crippen molar-refractivity contribution in [3.63, 3.8) is 0 Å². The molecule has 0 spiro atoms. The third-order valence-electron chi connectivity index (χ3n) is 4.27. The summed E-state index contributed by atoms with van der Waals surface area (Å²) in [7, 11) is -0.759. The molecule has 0 bridgehead atoms. The quantitative estimate of drug-likeness (QED) is 0.359. The molecule has 0 saturated carbocycles. The molecule has 0 aliphatic rings. The SMILES string of the molecule is CS(C)(C)CCOCn1cc(C(F)(F)F)c2c(Oc3ccc(N)cc3Cl)ccnc21. The lowest BCUT2D eigenvalue weighted by molar-refractivity contribution is -0.136.